The van der Waals surface area contributed by atoms with Crippen molar-refractivity contribution in [1.82, 2.24) is 4.90 Å². The summed E-state index contributed by atoms with van der Waals surface area (Å²) < 4.78 is 0. The number of halogens is 1. The lowest BCUT2D eigenvalue weighted by Crippen LogP contribution is -2.18. The molecule has 0 bridgehead atoms. The van der Waals surface area contributed by atoms with Crippen LogP contribution in [-0.4, -0.2) is 42.0 Å². The number of carbonyl (C=O) groups is 1. The minimum Gasteiger partial charge on any atom is -0.480 e. The Bertz CT molecular complexity index is 128. The lowest BCUT2D eigenvalue weighted by molar-refractivity contribution is -0.136. The number of carboxylic acid groups (broad SMARTS) is 1. The first-order valence-electron chi connectivity index (χ1n) is 3.55. The highest BCUT2D eigenvalue weighted by Gasteiger charge is 2.12. The fourth-order valence-corrected chi connectivity index (χ4v) is 0.865. The van der Waals surface area contributed by atoms with E-state index in [1.54, 1.807) is 0 Å². The average Bonchev–Trinajstić information content (AvgIpc) is 1.86. The second-order valence-electron chi connectivity index (χ2n) is 2.75. The van der Waals surface area contributed by atoms with Crippen LogP contribution in [0.2, 0.25) is 0 Å². The van der Waals surface area contributed by atoms with Crippen molar-refractivity contribution >= 4 is 17.6 Å². The molecule has 66 valence electrons. The zero-order valence-corrected chi connectivity index (χ0v) is 7.64. The molecule has 4 heteroatoms. The van der Waals surface area contributed by atoms with E-state index in [4.69, 9.17) is 16.7 Å². The van der Waals surface area contributed by atoms with Crippen LogP contribution >= 0.6 is 11.6 Å². The van der Waals surface area contributed by atoms with E-state index in [-0.39, 0.29) is 0 Å². The summed E-state index contributed by atoms with van der Waals surface area (Å²) in [6.45, 7) is 0.885. The maximum Gasteiger partial charge on any atom is 0.321 e. The van der Waals surface area contributed by atoms with E-state index in [9.17, 15) is 4.79 Å². The van der Waals surface area contributed by atoms with Gasteiger partial charge in [-0.3, -0.25) is 4.79 Å². The molecule has 1 N–H and O–H groups in total. The fourth-order valence-electron chi connectivity index (χ4n) is 0.710. The van der Waals surface area contributed by atoms with Crippen LogP contribution in [0.3, 0.4) is 0 Å². The molecule has 0 amide bonds. The fraction of sp³-hybridized carbons (Fsp3) is 0.857. The van der Waals surface area contributed by atoms with Gasteiger partial charge in [-0.1, -0.05) is 0 Å². The largest absolute Gasteiger partial charge is 0.480 e. The first kappa shape index (κ1) is 10.7. The Kier molecular flexibility index (Phi) is 5.24. The molecule has 0 aliphatic heterocycles. The van der Waals surface area contributed by atoms with Crippen LogP contribution in [0.5, 0.6) is 0 Å². The van der Waals surface area contributed by atoms with E-state index in [2.05, 4.69) is 0 Å². The van der Waals surface area contributed by atoms with Crippen LogP contribution < -0.4 is 0 Å². The van der Waals surface area contributed by atoms with Gasteiger partial charge in [-0.05, 0) is 33.5 Å². The van der Waals surface area contributed by atoms with Gasteiger partial charge in [0, 0.05) is 0 Å². The average molecular weight is 180 g/mol. The highest BCUT2D eigenvalue weighted by Crippen LogP contribution is 2.05. The van der Waals surface area contributed by atoms with Crippen LogP contribution in [0.25, 0.3) is 0 Å². The molecule has 11 heavy (non-hydrogen) atoms. The molecule has 0 rings (SSSR count). The van der Waals surface area contributed by atoms with E-state index >= 15 is 0 Å². The molecule has 0 fully saturated rings. The maximum atomic E-state index is 10.2. The lowest BCUT2D eigenvalue weighted by atomic mass is 10.2. The molecular formula is C7H14ClNO2. The van der Waals surface area contributed by atoms with Crippen LogP contribution in [0.4, 0.5) is 0 Å². The molecule has 3 nitrogen and oxygen atoms in total. The number of carboxylic acids is 1. The van der Waals surface area contributed by atoms with E-state index in [1.165, 1.54) is 0 Å². The molecule has 0 saturated carbocycles. The molecule has 0 saturated heterocycles. The quantitative estimate of drug-likeness (QED) is 0.641. The Morgan fingerprint density at radius 1 is 1.64 bits per heavy atom. The Morgan fingerprint density at radius 3 is 2.55 bits per heavy atom. The van der Waals surface area contributed by atoms with E-state index in [0.717, 1.165) is 13.0 Å². The van der Waals surface area contributed by atoms with Gasteiger partial charge in [-0.15, -0.1) is 11.6 Å². The maximum absolute atomic E-state index is 10.2. The molecule has 0 spiro atoms. The van der Waals surface area contributed by atoms with Crippen LogP contribution in [0.1, 0.15) is 12.8 Å². The molecule has 0 aromatic carbocycles. The minimum atomic E-state index is -0.926. The molecule has 1 unspecified atom stereocenters. The predicted molar refractivity (Wildman–Crippen MR) is 45.1 cm³/mol. The summed E-state index contributed by atoms with van der Waals surface area (Å²) in [6, 6.07) is 0. The van der Waals surface area contributed by atoms with E-state index in [1.807, 2.05) is 19.0 Å². The molecule has 0 heterocycles. The highest BCUT2D eigenvalue weighted by atomic mass is 35.5. The summed E-state index contributed by atoms with van der Waals surface area (Å²) in [5, 5.41) is 7.67. The number of hydrogen-bond acceptors (Lipinski definition) is 2. The van der Waals surface area contributed by atoms with Crippen molar-refractivity contribution in [3.8, 4) is 0 Å². The third-order valence-corrected chi connectivity index (χ3v) is 1.74. The van der Waals surface area contributed by atoms with Gasteiger partial charge in [0.1, 0.15) is 5.38 Å². The van der Waals surface area contributed by atoms with Gasteiger partial charge in [-0.25, -0.2) is 0 Å². The minimum absolute atomic E-state index is 0.537. The Balaban J connectivity index is 3.31. The number of nitrogens with zero attached hydrogens (tertiary/aromatic N) is 1. The summed E-state index contributed by atoms with van der Waals surface area (Å²) in [6.07, 6.45) is 1.36. The zero-order chi connectivity index (χ0) is 8.85. The van der Waals surface area contributed by atoms with Gasteiger partial charge < -0.3 is 10.0 Å². The molecule has 0 aromatic heterocycles. The van der Waals surface area contributed by atoms with Crippen LogP contribution in [-0.2, 0) is 4.79 Å². The van der Waals surface area contributed by atoms with E-state index in [0.29, 0.717) is 6.42 Å². The monoisotopic (exact) mass is 179 g/mol. The second-order valence-corrected chi connectivity index (χ2v) is 3.28. The lowest BCUT2D eigenvalue weighted by Gasteiger charge is -2.09. The Morgan fingerprint density at radius 2 is 2.18 bits per heavy atom. The van der Waals surface area contributed by atoms with Gasteiger partial charge in [0.25, 0.3) is 0 Å². The number of hydrogen-bond donors (Lipinski definition) is 1. The van der Waals surface area contributed by atoms with Crippen molar-refractivity contribution < 1.29 is 9.90 Å². The topological polar surface area (TPSA) is 40.5 Å². The van der Waals surface area contributed by atoms with Crippen LogP contribution in [0.15, 0.2) is 0 Å². The van der Waals surface area contributed by atoms with Crippen LogP contribution in [0, 0.1) is 0 Å². The third kappa shape index (κ3) is 6.13. The van der Waals surface area contributed by atoms with Crippen molar-refractivity contribution in [1.29, 1.82) is 0 Å². The van der Waals surface area contributed by atoms with Gasteiger partial charge >= 0.3 is 5.97 Å². The molecule has 0 radical (unpaired) electrons. The molecule has 0 aliphatic rings. The summed E-state index contributed by atoms with van der Waals surface area (Å²) in [4.78, 5) is 12.2. The molecule has 0 aliphatic carbocycles. The van der Waals surface area contributed by atoms with Gasteiger partial charge in [0.05, 0.1) is 0 Å². The van der Waals surface area contributed by atoms with Gasteiger partial charge in [-0.2, -0.15) is 0 Å². The van der Waals surface area contributed by atoms with Crippen molar-refractivity contribution in [2.75, 3.05) is 20.6 Å². The number of alkyl halides is 1. The summed E-state index contributed by atoms with van der Waals surface area (Å²) >= 11 is 5.48. The number of aliphatic carboxylic acids is 1. The summed E-state index contributed by atoms with van der Waals surface area (Å²) in [7, 11) is 3.90. The molecular weight excluding hydrogens is 166 g/mol. The first-order chi connectivity index (χ1) is 5.04. The third-order valence-electron chi connectivity index (χ3n) is 1.33. The standard InChI is InChI=1S/C7H14ClNO2/c1-9(2)5-3-4-6(8)7(10)11/h6H,3-5H2,1-2H3,(H,10,11). The smallest absolute Gasteiger partial charge is 0.321 e. The molecule has 0 aromatic rings. The van der Waals surface area contributed by atoms with Crippen molar-refractivity contribution in [3.63, 3.8) is 0 Å². The van der Waals surface area contributed by atoms with Gasteiger partial charge in [0.2, 0.25) is 0 Å². The van der Waals surface area contributed by atoms with Crippen molar-refractivity contribution in [3.05, 3.63) is 0 Å². The zero-order valence-electron chi connectivity index (χ0n) is 6.88. The summed E-state index contributed by atoms with van der Waals surface area (Å²) in [5.74, 6) is -0.926. The molecule has 1 atom stereocenters. The highest BCUT2D eigenvalue weighted by molar-refractivity contribution is 6.29. The first-order valence-corrected chi connectivity index (χ1v) is 3.99. The summed E-state index contributed by atoms with van der Waals surface area (Å²) in [5.41, 5.74) is 0. The second kappa shape index (κ2) is 5.38. The Hall–Kier alpha value is -0.280. The number of rotatable bonds is 5. The van der Waals surface area contributed by atoms with Gasteiger partial charge in [0.15, 0.2) is 0 Å². The van der Waals surface area contributed by atoms with E-state index < -0.39 is 11.3 Å². The predicted octanol–water partition coefficient (Wildman–Crippen LogP) is 1.02. The SMILES string of the molecule is CN(C)CCCC(Cl)C(=O)O. The van der Waals surface area contributed by atoms with Crippen molar-refractivity contribution in [2.45, 2.75) is 18.2 Å². The normalized spacial score (nSPS) is 13.5. The van der Waals surface area contributed by atoms with Crippen molar-refractivity contribution in [2.24, 2.45) is 0 Å². The Labute approximate surface area is 71.9 Å².